The van der Waals surface area contributed by atoms with E-state index in [1.807, 2.05) is 42.6 Å². The van der Waals surface area contributed by atoms with Crippen LogP contribution in [-0.2, 0) is 17.6 Å². The zero-order chi connectivity index (χ0) is 25.6. The lowest BCUT2D eigenvalue weighted by molar-refractivity contribution is -0.128. The first kappa shape index (κ1) is 25.2. The first-order valence-corrected chi connectivity index (χ1v) is 13.5. The van der Waals surface area contributed by atoms with Crippen LogP contribution in [0.2, 0.25) is 0 Å². The molecule has 192 valence electrons. The Morgan fingerprint density at radius 2 is 1.76 bits per heavy atom. The first-order valence-electron chi connectivity index (χ1n) is 13.1. The largest absolute Gasteiger partial charge is 0.361 e. The van der Waals surface area contributed by atoms with Gasteiger partial charge in [-0.2, -0.15) is 0 Å². The zero-order valence-electron chi connectivity index (χ0n) is 21.0. The Bertz CT molecular complexity index is 1350. The summed E-state index contributed by atoms with van der Waals surface area (Å²) in [6.45, 7) is 2.03. The van der Waals surface area contributed by atoms with Crippen LogP contribution in [0.4, 0.5) is 0 Å². The van der Waals surface area contributed by atoms with E-state index in [4.69, 9.17) is 18.0 Å². The first-order chi connectivity index (χ1) is 18.2. The Kier molecular flexibility index (Phi) is 7.96. The molecule has 1 amide bonds. The second-order valence-electron chi connectivity index (χ2n) is 9.61. The summed E-state index contributed by atoms with van der Waals surface area (Å²) in [7, 11) is 0. The van der Waals surface area contributed by atoms with Crippen LogP contribution in [0.25, 0.3) is 22.2 Å². The van der Waals surface area contributed by atoms with Gasteiger partial charge in [-0.3, -0.25) is 9.69 Å². The van der Waals surface area contributed by atoms with E-state index in [1.165, 1.54) is 10.9 Å². The second kappa shape index (κ2) is 11.7. The molecule has 1 aliphatic rings. The van der Waals surface area contributed by atoms with E-state index >= 15 is 0 Å². The summed E-state index contributed by atoms with van der Waals surface area (Å²) in [4.78, 5) is 28.9. The number of hydrogen-bond acceptors (Lipinski definition) is 4. The Hall–Kier alpha value is -3.49. The second-order valence-corrected chi connectivity index (χ2v) is 9.97. The summed E-state index contributed by atoms with van der Waals surface area (Å²) in [6, 6.07) is 18.0. The monoisotopic (exact) mass is 514 g/mol. The number of carbonyl (C=O) groups excluding carboxylic acids is 1. The number of carbonyl (C=O) groups is 1. The molecular weight excluding hydrogens is 480 g/mol. The molecule has 0 saturated carbocycles. The van der Waals surface area contributed by atoms with Crippen molar-refractivity contribution in [3.05, 3.63) is 78.4 Å². The van der Waals surface area contributed by atoms with Gasteiger partial charge in [-0.1, -0.05) is 61.4 Å². The van der Waals surface area contributed by atoms with Gasteiger partial charge in [-0.05, 0) is 55.2 Å². The molecule has 5 rings (SSSR count). The van der Waals surface area contributed by atoms with Crippen LogP contribution in [0.3, 0.4) is 0 Å². The molecule has 7 nitrogen and oxygen atoms in total. The molecule has 0 bridgehead atoms. The lowest BCUT2D eigenvalue weighted by Gasteiger charge is -2.23. The third-order valence-electron chi connectivity index (χ3n) is 7.14. The molecule has 0 radical (unpaired) electrons. The summed E-state index contributed by atoms with van der Waals surface area (Å²) in [5.74, 6) is 0.863. The van der Waals surface area contributed by atoms with Crippen molar-refractivity contribution in [3.63, 3.8) is 0 Å². The predicted molar refractivity (Wildman–Crippen MR) is 152 cm³/mol. The van der Waals surface area contributed by atoms with Gasteiger partial charge in [-0.15, -0.1) is 0 Å². The molecule has 1 saturated heterocycles. The molecule has 8 heteroatoms. The molecule has 0 aliphatic carbocycles. The molecule has 2 aromatic heterocycles. The molecule has 2 aromatic carbocycles. The van der Waals surface area contributed by atoms with Crippen molar-refractivity contribution in [2.45, 2.75) is 44.6 Å². The fraction of sp³-hybridized carbons (Fsp3) is 0.345. The number of thiocarbonyl (C=S) groups is 1. The molecule has 37 heavy (non-hydrogen) atoms. The Balaban J connectivity index is 1.33. The number of nitrogens with one attached hydrogen (secondary N) is 2. The topological polar surface area (TPSA) is 94.0 Å². The number of para-hydroxylation sites is 1. The average molecular weight is 515 g/mol. The van der Waals surface area contributed by atoms with Crippen LogP contribution in [-0.4, -0.2) is 61.4 Å². The maximum absolute atomic E-state index is 13.6. The van der Waals surface area contributed by atoms with E-state index in [0.29, 0.717) is 31.2 Å². The number of fused-ring (bicyclic) bond motifs is 1. The summed E-state index contributed by atoms with van der Waals surface area (Å²) >= 11 is 5.88. The fourth-order valence-electron chi connectivity index (χ4n) is 5.11. The third kappa shape index (κ3) is 5.60. The quantitative estimate of drug-likeness (QED) is 0.189. The smallest absolute Gasteiger partial charge is 0.251 e. The van der Waals surface area contributed by atoms with Gasteiger partial charge in [0.2, 0.25) is 0 Å². The maximum atomic E-state index is 13.6. The van der Waals surface area contributed by atoms with Gasteiger partial charge in [0.15, 0.2) is 5.11 Å². The number of imidazole rings is 1. The molecule has 4 aromatic rings. The average Bonchev–Trinajstić information content (AvgIpc) is 3.62. The molecule has 1 aliphatic heterocycles. The maximum Gasteiger partial charge on any atom is 0.251 e. The highest BCUT2D eigenvalue weighted by molar-refractivity contribution is 7.80. The van der Waals surface area contributed by atoms with Crippen molar-refractivity contribution in [2.75, 3.05) is 19.6 Å². The van der Waals surface area contributed by atoms with Crippen molar-refractivity contribution in [3.8, 4) is 11.3 Å². The van der Waals surface area contributed by atoms with Crippen LogP contribution >= 0.6 is 12.2 Å². The van der Waals surface area contributed by atoms with Crippen LogP contribution in [0, 0.1) is 0 Å². The number of nitrogens with two attached hydrogens (primary N) is 1. The molecular formula is C29H34N6OS. The van der Waals surface area contributed by atoms with Crippen LogP contribution < -0.4 is 5.73 Å². The fourth-order valence-corrected chi connectivity index (χ4v) is 5.51. The van der Waals surface area contributed by atoms with E-state index in [1.54, 1.807) is 4.90 Å². The number of amides is 1. The summed E-state index contributed by atoms with van der Waals surface area (Å²) in [5.41, 5.74) is 10.0. The van der Waals surface area contributed by atoms with Gasteiger partial charge < -0.3 is 20.6 Å². The van der Waals surface area contributed by atoms with Gasteiger partial charge >= 0.3 is 0 Å². The lowest BCUT2D eigenvalue weighted by atomic mass is 10.1. The van der Waals surface area contributed by atoms with Crippen molar-refractivity contribution in [1.29, 1.82) is 0 Å². The van der Waals surface area contributed by atoms with Crippen LogP contribution in [0.1, 0.15) is 37.1 Å². The summed E-state index contributed by atoms with van der Waals surface area (Å²) in [5, 5.41) is 1.84. The van der Waals surface area contributed by atoms with E-state index in [2.05, 4.69) is 44.2 Å². The minimum absolute atomic E-state index is 0.0698. The highest BCUT2D eigenvalue weighted by Gasteiger charge is 2.42. The van der Waals surface area contributed by atoms with Gasteiger partial charge in [0.05, 0.1) is 11.9 Å². The number of H-pyrrole nitrogens is 2. The number of rotatable bonds is 12. The van der Waals surface area contributed by atoms with E-state index < -0.39 is 0 Å². The third-order valence-corrected chi connectivity index (χ3v) is 7.59. The Morgan fingerprint density at radius 3 is 2.59 bits per heavy atom. The molecule has 1 unspecified atom stereocenters. The minimum atomic E-state index is -0.364. The van der Waals surface area contributed by atoms with Gasteiger partial charge in [0.25, 0.3) is 5.91 Å². The van der Waals surface area contributed by atoms with Crippen molar-refractivity contribution in [1.82, 2.24) is 24.8 Å². The lowest BCUT2D eigenvalue weighted by Crippen LogP contribution is -2.38. The summed E-state index contributed by atoms with van der Waals surface area (Å²) in [6.07, 6.45) is 9.25. The zero-order valence-corrected chi connectivity index (χ0v) is 21.8. The summed E-state index contributed by atoms with van der Waals surface area (Å²) < 4.78 is 0. The number of nitrogens with zero attached hydrogens (tertiary/aromatic N) is 3. The van der Waals surface area contributed by atoms with Gasteiger partial charge in [-0.25, -0.2) is 4.98 Å². The standard InChI is InChI=1S/C29H34N6OS/c30-15-8-1-2-9-16-35-28(36)26(18-27-32-20-25(33-27)21-10-4-3-5-11-21)34(29(35)37)17-14-22-19-31-24-13-7-6-12-23(22)24/h3-7,10-13,19-20,26,31H,1-2,8-9,14-18,30H2,(H,32,33). The van der Waals surface area contributed by atoms with E-state index in [-0.39, 0.29) is 11.9 Å². The number of hydrogen-bond donors (Lipinski definition) is 3. The number of benzene rings is 2. The normalized spacial score (nSPS) is 15.9. The minimum Gasteiger partial charge on any atom is -0.361 e. The highest BCUT2D eigenvalue weighted by atomic mass is 32.1. The van der Waals surface area contributed by atoms with Gasteiger partial charge in [0, 0.05) is 36.6 Å². The van der Waals surface area contributed by atoms with Crippen molar-refractivity contribution >= 4 is 34.1 Å². The highest BCUT2D eigenvalue weighted by Crippen LogP contribution is 2.25. The molecule has 1 atom stereocenters. The van der Waals surface area contributed by atoms with Crippen LogP contribution in [0.5, 0.6) is 0 Å². The number of aromatic nitrogens is 3. The van der Waals surface area contributed by atoms with E-state index in [9.17, 15) is 4.79 Å². The van der Waals surface area contributed by atoms with Crippen molar-refractivity contribution in [2.24, 2.45) is 5.73 Å². The molecule has 4 N–H and O–H groups in total. The van der Waals surface area contributed by atoms with Crippen LogP contribution in [0.15, 0.2) is 67.0 Å². The van der Waals surface area contributed by atoms with E-state index in [0.717, 1.165) is 54.7 Å². The van der Waals surface area contributed by atoms with Crippen molar-refractivity contribution < 1.29 is 4.79 Å². The number of aromatic amines is 2. The predicted octanol–water partition coefficient (Wildman–Crippen LogP) is 4.66. The molecule has 0 spiro atoms. The SMILES string of the molecule is NCCCCCCN1C(=O)C(Cc2ncc(-c3ccccc3)[nH]2)N(CCc2c[nH]c3ccccc23)C1=S. The molecule has 1 fully saturated rings. The van der Waals surface area contributed by atoms with Gasteiger partial charge in [0.1, 0.15) is 11.9 Å². The Labute approximate surface area is 223 Å². The number of unbranched alkanes of at least 4 members (excludes halogenated alkanes) is 3. The molecule has 3 heterocycles. The Morgan fingerprint density at radius 1 is 0.973 bits per heavy atom.